The maximum Gasteiger partial charge on any atom is 0.164 e. The zero-order valence-electron chi connectivity index (χ0n) is 13.6. The van der Waals surface area contributed by atoms with Crippen LogP contribution < -0.4 is 22.5 Å². The molecular weight excluding hydrogens is 344 g/mol. The van der Waals surface area contributed by atoms with Gasteiger partial charge in [0.2, 0.25) is 0 Å². The fourth-order valence-corrected chi connectivity index (χ4v) is 3.28. The van der Waals surface area contributed by atoms with Crippen LogP contribution in [-0.4, -0.2) is 54.6 Å². The summed E-state index contributed by atoms with van der Waals surface area (Å²) in [6.45, 7) is 3.34. The third-order valence-electron chi connectivity index (χ3n) is 4.45. The summed E-state index contributed by atoms with van der Waals surface area (Å²) in [4.78, 5) is 8.06. The van der Waals surface area contributed by atoms with Gasteiger partial charge in [0.25, 0.3) is 0 Å². The van der Waals surface area contributed by atoms with Crippen molar-refractivity contribution in [2.24, 2.45) is 11.8 Å². The monoisotopic (exact) mass is 364 g/mol. The minimum Gasteiger partial charge on any atom is -0.394 e. The van der Waals surface area contributed by atoms with Crippen molar-refractivity contribution < 1.29 is 20.2 Å². The number of hydroxylamine groups is 1. The number of hydrogen-bond acceptors (Lipinski definition) is 10. The smallest absolute Gasteiger partial charge is 0.164 e. The van der Waals surface area contributed by atoms with Crippen LogP contribution in [0.15, 0.2) is 19.0 Å². The Morgan fingerprint density at radius 2 is 2.23 bits per heavy atom. The number of hydrogen-bond donors (Lipinski definition) is 8. The molecule has 0 saturated carbocycles. The largest absolute Gasteiger partial charge is 0.394 e. The van der Waals surface area contributed by atoms with Gasteiger partial charge in [-0.2, -0.15) is 0 Å². The van der Waals surface area contributed by atoms with Crippen molar-refractivity contribution in [1.82, 2.24) is 20.0 Å². The molecule has 1 aliphatic heterocycles. The Labute approximate surface area is 147 Å². The predicted molar refractivity (Wildman–Crippen MR) is 92.2 cm³/mol. The van der Waals surface area contributed by atoms with Crippen LogP contribution >= 0.6 is 0 Å². The van der Waals surface area contributed by atoms with E-state index in [0.717, 1.165) is 0 Å². The second kappa shape index (κ2) is 6.86. The number of amidine groups is 1. The SMILES string of the molecule is C=C[C@H]1[C@@H](O)[C@H](n2c(NN)c(C(=N)NO)c3c(N)ncnc32)O[C@@H]1CO. The van der Waals surface area contributed by atoms with Crippen LogP contribution in [0.25, 0.3) is 11.0 Å². The second-order valence-electron chi connectivity index (χ2n) is 5.73. The van der Waals surface area contributed by atoms with E-state index < -0.39 is 30.2 Å². The molecule has 0 bridgehead atoms. The molecular formula is C14H20N8O4. The van der Waals surface area contributed by atoms with E-state index in [4.69, 9.17) is 21.7 Å². The van der Waals surface area contributed by atoms with E-state index in [0.29, 0.717) is 0 Å². The molecule has 0 radical (unpaired) electrons. The Morgan fingerprint density at radius 3 is 2.77 bits per heavy atom. The summed E-state index contributed by atoms with van der Waals surface area (Å²) in [5, 5.41) is 37.5. The molecule has 2 aromatic heterocycles. The molecule has 3 heterocycles. The van der Waals surface area contributed by atoms with E-state index in [1.165, 1.54) is 17.0 Å². The molecule has 4 atom stereocenters. The van der Waals surface area contributed by atoms with Gasteiger partial charge in [0.05, 0.1) is 23.7 Å². The molecule has 0 aromatic carbocycles. The lowest BCUT2D eigenvalue weighted by Crippen LogP contribution is -2.28. The van der Waals surface area contributed by atoms with Gasteiger partial charge < -0.3 is 26.1 Å². The number of anilines is 2. The molecule has 26 heavy (non-hydrogen) atoms. The second-order valence-corrected chi connectivity index (χ2v) is 5.73. The van der Waals surface area contributed by atoms with Crippen LogP contribution in [0.5, 0.6) is 0 Å². The van der Waals surface area contributed by atoms with Crippen molar-refractivity contribution in [1.29, 1.82) is 5.41 Å². The Balaban J connectivity index is 2.28. The number of hydrazine groups is 1. The summed E-state index contributed by atoms with van der Waals surface area (Å²) in [7, 11) is 0. The zero-order chi connectivity index (χ0) is 19.0. The quantitative estimate of drug-likeness (QED) is 0.103. The number of aliphatic hydroxyl groups is 2. The molecule has 2 aromatic rings. The average Bonchev–Trinajstić information content (AvgIpc) is 3.15. The number of nitrogens with one attached hydrogen (secondary N) is 3. The molecule has 140 valence electrons. The van der Waals surface area contributed by atoms with Crippen LogP contribution in [0.3, 0.4) is 0 Å². The van der Waals surface area contributed by atoms with Gasteiger partial charge in [-0.15, -0.1) is 6.58 Å². The zero-order valence-corrected chi connectivity index (χ0v) is 13.6. The highest BCUT2D eigenvalue weighted by molar-refractivity contribution is 6.14. The number of fused-ring (bicyclic) bond motifs is 1. The summed E-state index contributed by atoms with van der Waals surface area (Å²) in [5.41, 5.74) is 10.4. The highest BCUT2D eigenvalue weighted by Crippen LogP contribution is 2.41. The number of ether oxygens (including phenoxy) is 1. The normalized spacial score (nSPS) is 25.4. The van der Waals surface area contributed by atoms with Crippen molar-refractivity contribution in [2.75, 3.05) is 17.8 Å². The number of nitrogens with zero attached hydrogens (tertiary/aromatic N) is 3. The van der Waals surface area contributed by atoms with Crippen molar-refractivity contribution >= 4 is 28.5 Å². The fourth-order valence-electron chi connectivity index (χ4n) is 3.28. The number of aromatic nitrogens is 3. The van der Waals surface area contributed by atoms with Gasteiger partial charge in [0, 0.05) is 5.92 Å². The third-order valence-corrected chi connectivity index (χ3v) is 4.45. The van der Waals surface area contributed by atoms with E-state index in [-0.39, 0.29) is 34.8 Å². The number of aliphatic hydroxyl groups excluding tert-OH is 2. The van der Waals surface area contributed by atoms with E-state index in [1.807, 2.05) is 0 Å². The molecule has 10 N–H and O–H groups in total. The molecule has 0 amide bonds. The van der Waals surface area contributed by atoms with E-state index in [2.05, 4.69) is 22.0 Å². The van der Waals surface area contributed by atoms with E-state index in [1.54, 1.807) is 5.48 Å². The van der Waals surface area contributed by atoms with Crippen molar-refractivity contribution in [2.45, 2.75) is 18.4 Å². The van der Waals surface area contributed by atoms with Gasteiger partial charge in [0.15, 0.2) is 12.1 Å². The lowest BCUT2D eigenvalue weighted by Gasteiger charge is -2.21. The molecule has 0 unspecified atom stereocenters. The Bertz CT molecular complexity index is 853. The highest BCUT2D eigenvalue weighted by atomic mass is 16.5. The summed E-state index contributed by atoms with van der Waals surface area (Å²) in [6, 6.07) is 0. The first kappa shape index (κ1) is 18.0. The lowest BCUT2D eigenvalue weighted by molar-refractivity contribution is -0.0477. The van der Waals surface area contributed by atoms with Crippen LogP contribution in [0.1, 0.15) is 11.8 Å². The van der Waals surface area contributed by atoms with Crippen molar-refractivity contribution in [3.63, 3.8) is 0 Å². The first-order chi connectivity index (χ1) is 12.5. The van der Waals surface area contributed by atoms with Crippen LogP contribution in [-0.2, 0) is 4.74 Å². The van der Waals surface area contributed by atoms with Gasteiger partial charge in [-0.25, -0.2) is 15.8 Å². The molecule has 0 spiro atoms. The predicted octanol–water partition coefficient (Wildman–Crippen LogP) is -1.34. The van der Waals surface area contributed by atoms with Crippen molar-refractivity contribution in [3.05, 3.63) is 24.5 Å². The third kappa shape index (κ3) is 2.48. The number of nitrogens with two attached hydrogens (primary N) is 2. The molecule has 1 saturated heterocycles. The molecule has 1 aliphatic rings. The Morgan fingerprint density at radius 1 is 1.50 bits per heavy atom. The van der Waals surface area contributed by atoms with Gasteiger partial charge in [-0.3, -0.25) is 20.7 Å². The molecule has 1 fully saturated rings. The Hall–Kier alpha value is -2.77. The first-order valence-electron chi connectivity index (χ1n) is 7.67. The molecule has 12 heteroatoms. The molecule has 0 aliphatic carbocycles. The van der Waals surface area contributed by atoms with Crippen LogP contribution in [0.2, 0.25) is 0 Å². The molecule has 12 nitrogen and oxygen atoms in total. The minimum atomic E-state index is -1.08. The fraction of sp³-hybridized carbons (Fsp3) is 0.357. The summed E-state index contributed by atoms with van der Waals surface area (Å²) >= 11 is 0. The maximum absolute atomic E-state index is 10.7. The first-order valence-corrected chi connectivity index (χ1v) is 7.67. The summed E-state index contributed by atoms with van der Waals surface area (Å²) < 4.78 is 7.18. The minimum absolute atomic E-state index is 0.0479. The summed E-state index contributed by atoms with van der Waals surface area (Å²) in [6.07, 6.45) is -0.0575. The number of nitrogen functional groups attached to an aromatic ring is 2. The lowest BCUT2D eigenvalue weighted by atomic mass is 9.99. The van der Waals surface area contributed by atoms with Gasteiger partial charge in [-0.05, 0) is 0 Å². The highest BCUT2D eigenvalue weighted by Gasteiger charge is 2.44. The number of rotatable bonds is 5. The van der Waals surface area contributed by atoms with Gasteiger partial charge in [0.1, 0.15) is 29.7 Å². The molecule has 3 rings (SSSR count). The van der Waals surface area contributed by atoms with Crippen LogP contribution in [0, 0.1) is 11.3 Å². The average molecular weight is 364 g/mol. The standard InChI is InChI=1S/C14H20N8O4/c1-2-5-6(3-23)26-14(9(5)24)22-12-7(10(15)18-4-19-12)8(11(16)21-25)13(22)20-17/h2,4-6,9,14,20,23-25H,1,3,17H2,(H2,16,21)(H2,15,18,19)/t5-,6-,9-,14-/m1/s1. The Kier molecular flexibility index (Phi) is 4.76. The maximum atomic E-state index is 10.7. The van der Waals surface area contributed by atoms with E-state index >= 15 is 0 Å². The van der Waals surface area contributed by atoms with Gasteiger partial charge in [-0.1, -0.05) is 6.08 Å². The van der Waals surface area contributed by atoms with E-state index in [9.17, 15) is 15.4 Å². The van der Waals surface area contributed by atoms with Gasteiger partial charge >= 0.3 is 0 Å². The topological polar surface area (TPSA) is 201 Å². The summed E-state index contributed by atoms with van der Waals surface area (Å²) in [5.74, 6) is 4.85. The van der Waals surface area contributed by atoms with Crippen molar-refractivity contribution in [3.8, 4) is 0 Å². The van der Waals surface area contributed by atoms with Crippen LogP contribution in [0.4, 0.5) is 11.6 Å².